The third kappa shape index (κ3) is 3.96. The fourth-order valence-electron chi connectivity index (χ4n) is 2.84. The topological polar surface area (TPSA) is 59.9 Å². The molecule has 0 fully saturated rings. The van der Waals surface area contributed by atoms with E-state index in [1.807, 2.05) is 24.3 Å². The maximum Gasteiger partial charge on any atom is 0.416 e. The summed E-state index contributed by atoms with van der Waals surface area (Å²) in [5, 5.41) is 3.88. The number of fused-ring (bicyclic) bond motifs is 1. The smallest absolute Gasteiger partial charge is 0.416 e. The first-order valence-electron chi connectivity index (χ1n) is 8.69. The van der Waals surface area contributed by atoms with E-state index < -0.39 is 11.7 Å². The minimum Gasteiger partial charge on any atom is -0.437 e. The highest BCUT2D eigenvalue weighted by Gasteiger charge is 2.30. The van der Waals surface area contributed by atoms with Crippen LogP contribution in [0.4, 0.5) is 19.0 Å². The van der Waals surface area contributed by atoms with E-state index in [1.165, 1.54) is 18.5 Å². The van der Waals surface area contributed by atoms with Gasteiger partial charge in [-0.05, 0) is 30.3 Å². The largest absolute Gasteiger partial charge is 0.437 e. The van der Waals surface area contributed by atoms with Gasteiger partial charge in [-0.1, -0.05) is 24.3 Å². The van der Waals surface area contributed by atoms with E-state index in [-0.39, 0.29) is 5.88 Å². The van der Waals surface area contributed by atoms with Crippen LogP contribution in [-0.4, -0.2) is 22.0 Å². The number of hydrogen-bond donors (Lipinski definition) is 1. The number of alkyl halides is 3. The van der Waals surface area contributed by atoms with Crippen LogP contribution in [0.2, 0.25) is 0 Å². The van der Waals surface area contributed by atoms with Crippen molar-refractivity contribution >= 4 is 16.7 Å². The Bertz CT molecular complexity index is 1160. The van der Waals surface area contributed by atoms with Crippen LogP contribution in [0.25, 0.3) is 22.2 Å². The van der Waals surface area contributed by atoms with Gasteiger partial charge in [-0.15, -0.1) is 0 Å². The van der Waals surface area contributed by atoms with Gasteiger partial charge in [0.25, 0.3) is 0 Å². The van der Waals surface area contributed by atoms with Crippen LogP contribution >= 0.6 is 0 Å². The van der Waals surface area contributed by atoms with E-state index in [0.717, 1.165) is 17.5 Å². The third-order valence-electron chi connectivity index (χ3n) is 4.30. The van der Waals surface area contributed by atoms with Crippen LogP contribution in [0.1, 0.15) is 5.56 Å². The highest BCUT2D eigenvalue weighted by Crippen LogP contribution is 2.32. The number of benzene rings is 2. The number of rotatable bonds is 4. The molecule has 2 aromatic carbocycles. The van der Waals surface area contributed by atoms with E-state index >= 15 is 0 Å². The first-order chi connectivity index (χ1) is 13.9. The summed E-state index contributed by atoms with van der Waals surface area (Å²) in [6.45, 7) is 0. The maximum atomic E-state index is 12.8. The van der Waals surface area contributed by atoms with Crippen LogP contribution in [0.15, 0.2) is 67.0 Å². The molecule has 146 valence electrons. The van der Waals surface area contributed by atoms with Gasteiger partial charge in [-0.2, -0.15) is 13.2 Å². The number of halogens is 3. The lowest BCUT2D eigenvalue weighted by Gasteiger charge is -2.10. The number of ether oxygens (including phenoxy) is 1. The summed E-state index contributed by atoms with van der Waals surface area (Å²) >= 11 is 0. The van der Waals surface area contributed by atoms with Crippen LogP contribution < -0.4 is 10.1 Å². The Balaban J connectivity index is 1.66. The second-order valence-corrected chi connectivity index (χ2v) is 6.19. The first-order valence-corrected chi connectivity index (χ1v) is 8.69. The zero-order valence-electron chi connectivity index (χ0n) is 15.2. The van der Waals surface area contributed by atoms with Crippen molar-refractivity contribution in [2.45, 2.75) is 6.18 Å². The molecule has 0 radical (unpaired) electrons. The van der Waals surface area contributed by atoms with Gasteiger partial charge in [0, 0.05) is 24.1 Å². The van der Waals surface area contributed by atoms with Gasteiger partial charge in [0.15, 0.2) is 5.75 Å². The predicted molar refractivity (Wildman–Crippen MR) is 104 cm³/mol. The standard InChI is InChI=1S/C21H15F3N4O/c1-25-18-10-7-14-3-2-4-17(20(14)28-18)29-19-11-16(26-12-27-19)13-5-8-15(9-6-13)21(22,23)24/h2-12H,1H3,(H,25,28). The monoisotopic (exact) mass is 396 g/mol. The van der Waals surface area contributed by atoms with Crippen LogP contribution in [0.5, 0.6) is 11.6 Å². The van der Waals surface area contributed by atoms with E-state index in [4.69, 9.17) is 4.74 Å². The molecule has 0 aliphatic heterocycles. The highest BCUT2D eigenvalue weighted by atomic mass is 19.4. The maximum absolute atomic E-state index is 12.8. The molecule has 4 rings (SSSR count). The van der Waals surface area contributed by atoms with Crippen molar-refractivity contribution in [3.05, 3.63) is 72.6 Å². The average Bonchev–Trinajstić information content (AvgIpc) is 2.73. The molecule has 4 aromatic rings. The van der Waals surface area contributed by atoms with Crippen molar-refractivity contribution in [3.8, 4) is 22.9 Å². The summed E-state index contributed by atoms with van der Waals surface area (Å²) in [5.74, 6) is 1.47. The average molecular weight is 396 g/mol. The minimum absolute atomic E-state index is 0.263. The SMILES string of the molecule is CNc1ccc2cccc(Oc3cc(-c4ccc(C(F)(F)F)cc4)ncn3)c2n1. The molecule has 2 heterocycles. The normalized spacial score (nSPS) is 11.4. The van der Waals surface area contributed by atoms with Gasteiger partial charge in [0.1, 0.15) is 17.7 Å². The number of hydrogen-bond acceptors (Lipinski definition) is 5. The Kier molecular flexibility index (Phi) is 4.75. The van der Waals surface area contributed by atoms with Gasteiger partial charge in [0.2, 0.25) is 5.88 Å². The molecule has 2 aromatic heterocycles. The van der Waals surface area contributed by atoms with Crippen LogP contribution in [-0.2, 0) is 6.18 Å². The van der Waals surface area contributed by atoms with Gasteiger partial charge in [-0.3, -0.25) is 0 Å². The van der Waals surface area contributed by atoms with Crippen LogP contribution in [0, 0.1) is 0 Å². The Morgan fingerprint density at radius 3 is 2.45 bits per heavy atom. The van der Waals surface area contributed by atoms with Crippen molar-refractivity contribution < 1.29 is 17.9 Å². The number of nitrogens with zero attached hydrogens (tertiary/aromatic N) is 3. The van der Waals surface area contributed by atoms with Gasteiger partial charge >= 0.3 is 6.18 Å². The van der Waals surface area contributed by atoms with Crippen molar-refractivity contribution in [2.24, 2.45) is 0 Å². The molecule has 0 aliphatic carbocycles. The minimum atomic E-state index is -4.38. The molecule has 1 N–H and O–H groups in total. The van der Waals surface area contributed by atoms with Gasteiger partial charge < -0.3 is 10.1 Å². The molecule has 0 atom stereocenters. The number of pyridine rings is 1. The summed E-state index contributed by atoms with van der Waals surface area (Å²) in [4.78, 5) is 12.8. The summed E-state index contributed by atoms with van der Waals surface area (Å²) in [7, 11) is 1.78. The van der Waals surface area contributed by atoms with E-state index in [0.29, 0.717) is 28.3 Å². The molecule has 0 spiro atoms. The quantitative estimate of drug-likeness (QED) is 0.490. The summed E-state index contributed by atoms with van der Waals surface area (Å²) in [6, 6.07) is 15.7. The molecule has 0 saturated carbocycles. The molecule has 0 unspecified atom stereocenters. The lowest BCUT2D eigenvalue weighted by atomic mass is 10.1. The number of anilines is 1. The Morgan fingerprint density at radius 1 is 0.931 bits per heavy atom. The molecular weight excluding hydrogens is 381 g/mol. The zero-order valence-corrected chi connectivity index (χ0v) is 15.2. The van der Waals surface area contributed by atoms with Crippen molar-refractivity contribution in [3.63, 3.8) is 0 Å². The van der Waals surface area contributed by atoms with Gasteiger partial charge in [0.05, 0.1) is 11.3 Å². The van der Waals surface area contributed by atoms with E-state index in [1.54, 1.807) is 19.2 Å². The van der Waals surface area contributed by atoms with Crippen molar-refractivity contribution in [1.82, 2.24) is 15.0 Å². The fraction of sp³-hybridized carbons (Fsp3) is 0.0952. The summed E-state index contributed by atoms with van der Waals surface area (Å²) in [6.07, 6.45) is -3.08. The molecule has 0 saturated heterocycles. The fourth-order valence-corrected chi connectivity index (χ4v) is 2.84. The Labute approximate surface area is 164 Å². The van der Waals surface area contributed by atoms with E-state index in [2.05, 4.69) is 20.3 Å². The lowest BCUT2D eigenvalue weighted by Crippen LogP contribution is -2.04. The Morgan fingerprint density at radius 2 is 1.72 bits per heavy atom. The first kappa shape index (κ1) is 18.7. The molecule has 5 nitrogen and oxygen atoms in total. The number of aromatic nitrogens is 3. The highest BCUT2D eigenvalue weighted by molar-refractivity contribution is 5.86. The summed E-state index contributed by atoms with van der Waals surface area (Å²) < 4.78 is 44.2. The number of nitrogens with one attached hydrogen (secondary N) is 1. The molecule has 0 aliphatic rings. The van der Waals surface area contributed by atoms with Crippen molar-refractivity contribution in [1.29, 1.82) is 0 Å². The number of para-hydroxylation sites is 1. The predicted octanol–water partition coefficient (Wildman–Crippen LogP) is 5.54. The molecule has 0 bridgehead atoms. The second kappa shape index (κ2) is 7.38. The summed E-state index contributed by atoms with van der Waals surface area (Å²) in [5.41, 5.74) is 0.926. The van der Waals surface area contributed by atoms with Crippen LogP contribution in [0.3, 0.4) is 0 Å². The zero-order chi connectivity index (χ0) is 20.4. The third-order valence-corrected chi connectivity index (χ3v) is 4.30. The molecular formula is C21H15F3N4O. The second-order valence-electron chi connectivity index (χ2n) is 6.19. The Hall–Kier alpha value is -3.68. The molecule has 8 heteroatoms. The van der Waals surface area contributed by atoms with Gasteiger partial charge in [-0.25, -0.2) is 15.0 Å². The lowest BCUT2D eigenvalue weighted by molar-refractivity contribution is -0.137. The molecule has 0 amide bonds. The van der Waals surface area contributed by atoms with Crippen molar-refractivity contribution in [2.75, 3.05) is 12.4 Å². The molecule has 29 heavy (non-hydrogen) atoms. The van der Waals surface area contributed by atoms with E-state index in [9.17, 15) is 13.2 Å².